The molecule has 0 saturated carbocycles. The highest BCUT2D eigenvalue weighted by molar-refractivity contribution is 5.67. The highest BCUT2D eigenvalue weighted by atomic mass is 16.5. The van der Waals surface area contributed by atoms with E-state index in [1.165, 1.54) is 0 Å². The van der Waals surface area contributed by atoms with Crippen LogP contribution in [0.4, 0.5) is 17.5 Å². The molecule has 0 amide bonds. The standard InChI is InChI=1S/C23H26N4O4/c1-28-16-7-5-14(6-8-16)11-18-17-9-10-24-22(17)27-23(26-18)25-15-12-19(29-2)21(31-4)20(13-15)30-3/h5-8,12-13H,9-11H2,1-4H3,(H2,24,25,26,27). The number of ether oxygens (including phenoxy) is 4. The fourth-order valence-electron chi connectivity index (χ4n) is 3.67. The Balaban J connectivity index is 1.66. The normalized spacial score (nSPS) is 12.0. The summed E-state index contributed by atoms with van der Waals surface area (Å²) < 4.78 is 21.5. The van der Waals surface area contributed by atoms with E-state index >= 15 is 0 Å². The maximum absolute atomic E-state index is 5.44. The molecule has 8 heteroatoms. The lowest BCUT2D eigenvalue weighted by molar-refractivity contribution is 0.324. The Bertz CT molecular complexity index is 1040. The first-order chi connectivity index (χ1) is 15.1. The molecular weight excluding hydrogens is 396 g/mol. The third kappa shape index (κ3) is 4.28. The van der Waals surface area contributed by atoms with Crippen molar-refractivity contribution in [1.29, 1.82) is 0 Å². The molecule has 2 N–H and O–H groups in total. The Labute approximate surface area is 181 Å². The van der Waals surface area contributed by atoms with Gasteiger partial charge < -0.3 is 29.6 Å². The minimum atomic E-state index is 0.505. The number of fused-ring (bicyclic) bond motifs is 1. The largest absolute Gasteiger partial charge is 0.497 e. The molecule has 0 bridgehead atoms. The maximum Gasteiger partial charge on any atom is 0.229 e. The Morgan fingerprint density at radius 2 is 1.61 bits per heavy atom. The van der Waals surface area contributed by atoms with Crippen molar-refractivity contribution in [3.63, 3.8) is 0 Å². The van der Waals surface area contributed by atoms with Crippen molar-refractivity contribution >= 4 is 17.5 Å². The van der Waals surface area contributed by atoms with Crippen molar-refractivity contribution in [3.8, 4) is 23.0 Å². The number of nitrogens with zero attached hydrogens (tertiary/aromatic N) is 2. The fourth-order valence-corrected chi connectivity index (χ4v) is 3.67. The first-order valence-electron chi connectivity index (χ1n) is 9.98. The molecule has 4 rings (SSSR count). The molecule has 31 heavy (non-hydrogen) atoms. The highest BCUT2D eigenvalue weighted by Crippen LogP contribution is 2.40. The van der Waals surface area contributed by atoms with Crippen LogP contribution in [0.25, 0.3) is 0 Å². The molecule has 0 spiro atoms. The minimum absolute atomic E-state index is 0.505. The molecule has 1 aliphatic heterocycles. The lowest BCUT2D eigenvalue weighted by Crippen LogP contribution is -2.06. The minimum Gasteiger partial charge on any atom is -0.497 e. The molecule has 0 aliphatic carbocycles. The molecule has 8 nitrogen and oxygen atoms in total. The van der Waals surface area contributed by atoms with Gasteiger partial charge in [-0.05, 0) is 24.1 Å². The van der Waals surface area contributed by atoms with Crippen molar-refractivity contribution in [2.45, 2.75) is 12.8 Å². The van der Waals surface area contributed by atoms with Crippen LogP contribution < -0.4 is 29.6 Å². The molecule has 0 radical (unpaired) electrons. The Kier molecular flexibility index (Phi) is 5.97. The SMILES string of the molecule is COc1ccc(Cc2nc(Nc3cc(OC)c(OC)c(OC)c3)nc3c2CCN3)cc1. The van der Waals surface area contributed by atoms with Crippen LogP contribution in [0.5, 0.6) is 23.0 Å². The molecule has 0 unspecified atom stereocenters. The van der Waals surface area contributed by atoms with Gasteiger partial charge in [0.2, 0.25) is 11.7 Å². The van der Waals surface area contributed by atoms with Gasteiger partial charge in [0.15, 0.2) is 11.5 Å². The van der Waals surface area contributed by atoms with Gasteiger partial charge in [-0.1, -0.05) is 12.1 Å². The summed E-state index contributed by atoms with van der Waals surface area (Å²) in [7, 11) is 6.42. The number of anilines is 3. The molecule has 1 aromatic heterocycles. The monoisotopic (exact) mass is 422 g/mol. The first-order valence-corrected chi connectivity index (χ1v) is 9.98. The van der Waals surface area contributed by atoms with Gasteiger partial charge in [-0.3, -0.25) is 0 Å². The summed E-state index contributed by atoms with van der Waals surface area (Å²) in [6.07, 6.45) is 1.62. The summed E-state index contributed by atoms with van der Waals surface area (Å²) in [6.45, 7) is 0.854. The van der Waals surface area contributed by atoms with Crippen LogP contribution in [-0.4, -0.2) is 45.0 Å². The van der Waals surface area contributed by atoms with E-state index in [0.29, 0.717) is 29.6 Å². The molecule has 162 valence electrons. The summed E-state index contributed by atoms with van der Waals surface area (Å²) in [6, 6.07) is 11.7. The van der Waals surface area contributed by atoms with Gasteiger partial charge >= 0.3 is 0 Å². The molecular formula is C23H26N4O4. The second kappa shape index (κ2) is 8.99. The highest BCUT2D eigenvalue weighted by Gasteiger charge is 2.20. The Morgan fingerprint density at radius 3 is 2.23 bits per heavy atom. The van der Waals surface area contributed by atoms with Gasteiger partial charge in [0, 0.05) is 36.3 Å². The van der Waals surface area contributed by atoms with Crippen LogP contribution in [0.1, 0.15) is 16.8 Å². The Morgan fingerprint density at radius 1 is 0.903 bits per heavy atom. The van der Waals surface area contributed by atoms with E-state index in [1.807, 2.05) is 24.3 Å². The van der Waals surface area contributed by atoms with E-state index < -0.39 is 0 Å². The molecule has 0 saturated heterocycles. The molecule has 1 aliphatic rings. The van der Waals surface area contributed by atoms with E-state index in [9.17, 15) is 0 Å². The molecule has 0 fully saturated rings. The van der Waals surface area contributed by atoms with Crippen LogP contribution >= 0.6 is 0 Å². The van der Waals surface area contributed by atoms with Gasteiger partial charge in [0.1, 0.15) is 11.6 Å². The van der Waals surface area contributed by atoms with Crippen molar-refractivity contribution in [3.05, 3.63) is 53.2 Å². The Hall–Kier alpha value is -3.68. The number of rotatable bonds is 8. The second-order valence-corrected chi connectivity index (χ2v) is 7.06. The van der Waals surface area contributed by atoms with Crippen LogP contribution in [0.3, 0.4) is 0 Å². The number of hydrogen-bond donors (Lipinski definition) is 2. The topological polar surface area (TPSA) is 86.8 Å². The summed E-state index contributed by atoms with van der Waals surface area (Å²) in [5.74, 6) is 3.86. The van der Waals surface area contributed by atoms with Crippen LogP contribution in [0.15, 0.2) is 36.4 Å². The van der Waals surface area contributed by atoms with Crippen LogP contribution in [0.2, 0.25) is 0 Å². The van der Waals surface area contributed by atoms with E-state index in [4.69, 9.17) is 23.9 Å². The van der Waals surface area contributed by atoms with Crippen molar-refractivity contribution < 1.29 is 18.9 Å². The predicted molar refractivity (Wildman–Crippen MR) is 119 cm³/mol. The van der Waals surface area contributed by atoms with Crippen molar-refractivity contribution in [2.75, 3.05) is 45.6 Å². The zero-order valence-corrected chi connectivity index (χ0v) is 18.1. The summed E-state index contributed by atoms with van der Waals surface area (Å²) >= 11 is 0. The van der Waals surface area contributed by atoms with Gasteiger partial charge in [-0.25, -0.2) is 4.98 Å². The lowest BCUT2D eigenvalue weighted by Gasteiger charge is -2.15. The zero-order valence-electron chi connectivity index (χ0n) is 18.1. The van der Waals surface area contributed by atoms with Crippen LogP contribution in [0, 0.1) is 0 Å². The molecule has 3 aromatic rings. The summed E-state index contributed by atoms with van der Waals surface area (Å²) in [5, 5.41) is 6.63. The third-order valence-electron chi connectivity index (χ3n) is 5.21. The van der Waals surface area contributed by atoms with Crippen molar-refractivity contribution in [2.24, 2.45) is 0 Å². The molecule has 2 aromatic carbocycles. The number of aromatic nitrogens is 2. The molecule has 2 heterocycles. The van der Waals surface area contributed by atoms with E-state index in [1.54, 1.807) is 28.4 Å². The maximum atomic E-state index is 5.44. The lowest BCUT2D eigenvalue weighted by atomic mass is 10.0. The zero-order chi connectivity index (χ0) is 21.8. The first kappa shape index (κ1) is 20.6. The van der Waals surface area contributed by atoms with E-state index in [2.05, 4.69) is 27.8 Å². The number of nitrogens with one attached hydrogen (secondary N) is 2. The van der Waals surface area contributed by atoms with Gasteiger partial charge in [0.25, 0.3) is 0 Å². The second-order valence-electron chi connectivity index (χ2n) is 7.06. The number of methoxy groups -OCH3 is 4. The molecule has 0 atom stereocenters. The van der Waals surface area contributed by atoms with Gasteiger partial charge in [-0.2, -0.15) is 4.98 Å². The fraction of sp³-hybridized carbons (Fsp3) is 0.304. The number of benzene rings is 2. The van der Waals surface area contributed by atoms with Gasteiger partial charge in [0.05, 0.1) is 34.1 Å². The average molecular weight is 422 g/mol. The van der Waals surface area contributed by atoms with Crippen molar-refractivity contribution in [1.82, 2.24) is 9.97 Å². The smallest absolute Gasteiger partial charge is 0.229 e. The summed E-state index contributed by atoms with van der Waals surface area (Å²) in [5.41, 5.74) is 4.05. The van der Waals surface area contributed by atoms with Gasteiger partial charge in [-0.15, -0.1) is 0 Å². The predicted octanol–water partition coefficient (Wildman–Crippen LogP) is 3.81. The quantitative estimate of drug-likeness (QED) is 0.567. The van der Waals surface area contributed by atoms with E-state index in [0.717, 1.165) is 47.0 Å². The number of hydrogen-bond acceptors (Lipinski definition) is 8. The third-order valence-corrected chi connectivity index (χ3v) is 5.21. The van der Waals surface area contributed by atoms with Crippen LogP contribution in [-0.2, 0) is 12.8 Å². The summed E-state index contributed by atoms with van der Waals surface area (Å²) in [4.78, 5) is 9.49. The average Bonchev–Trinajstić information content (AvgIpc) is 3.28. The van der Waals surface area contributed by atoms with E-state index in [-0.39, 0.29) is 0 Å².